The van der Waals surface area contributed by atoms with E-state index in [0.29, 0.717) is 16.9 Å². The first-order valence-corrected chi connectivity index (χ1v) is 11.0. The predicted octanol–water partition coefficient (Wildman–Crippen LogP) is 4.76. The number of hydrogen-bond acceptors (Lipinski definition) is 4. The van der Waals surface area contributed by atoms with Crippen molar-refractivity contribution >= 4 is 23.5 Å². The van der Waals surface area contributed by atoms with Crippen LogP contribution in [-0.2, 0) is 4.79 Å². The van der Waals surface area contributed by atoms with Gasteiger partial charge in [-0.25, -0.2) is 9.97 Å². The minimum Gasteiger partial charge on any atom is -0.347 e. The molecule has 0 bridgehead atoms. The van der Waals surface area contributed by atoms with E-state index in [1.165, 1.54) is 12.8 Å². The molecule has 1 saturated carbocycles. The lowest BCUT2D eigenvalue weighted by molar-refractivity contribution is -0.136. The van der Waals surface area contributed by atoms with E-state index >= 15 is 0 Å². The van der Waals surface area contributed by atoms with Crippen molar-refractivity contribution in [3.05, 3.63) is 41.2 Å². The molecule has 29 heavy (non-hydrogen) atoms. The number of piperidine rings is 1. The van der Waals surface area contributed by atoms with E-state index in [1.807, 2.05) is 49.5 Å². The summed E-state index contributed by atoms with van der Waals surface area (Å²) in [5.74, 6) is 1.51. The summed E-state index contributed by atoms with van der Waals surface area (Å²) in [6, 6.07) is 7.84. The van der Waals surface area contributed by atoms with Crippen LogP contribution >= 0.6 is 11.6 Å². The number of amides is 1. The summed E-state index contributed by atoms with van der Waals surface area (Å²) >= 11 is 6.09. The fraction of sp³-hybridized carbons (Fsp3) is 0.522. The standard InChI is InChI=1S/C23H29ClN4O/c1-27(2)23-25-14-20(16-9-11-19(24)12-10-16)21(26-23)18-8-5-13-28(15-18)22(29)17-6-3-4-7-17/h9-12,14,17-18H,3-8,13,15H2,1-2H3. The molecule has 2 aromatic rings. The molecule has 1 saturated heterocycles. The van der Waals surface area contributed by atoms with Gasteiger partial charge in [-0.05, 0) is 43.4 Å². The van der Waals surface area contributed by atoms with Gasteiger partial charge in [0.15, 0.2) is 0 Å². The van der Waals surface area contributed by atoms with Crippen LogP contribution < -0.4 is 4.90 Å². The van der Waals surface area contributed by atoms with Crippen molar-refractivity contribution < 1.29 is 4.79 Å². The van der Waals surface area contributed by atoms with Crippen LogP contribution in [0, 0.1) is 5.92 Å². The second-order valence-electron chi connectivity index (χ2n) is 8.48. The number of carbonyl (C=O) groups excluding carboxylic acids is 1. The molecule has 1 aliphatic carbocycles. The van der Waals surface area contributed by atoms with Gasteiger partial charge in [0.05, 0.1) is 5.69 Å². The highest BCUT2D eigenvalue weighted by Crippen LogP contribution is 2.36. The maximum atomic E-state index is 13.0. The topological polar surface area (TPSA) is 49.3 Å². The van der Waals surface area contributed by atoms with Crippen LogP contribution in [0.5, 0.6) is 0 Å². The quantitative estimate of drug-likeness (QED) is 0.726. The van der Waals surface area contributed by atoms with Crippen LogP contribution in [0.1, 0.15) is 50.1 Å². The smallest absolute Gasteiger partial charge is 0.225 e. The van der Waals surface area contributed by atoms with Gasteiger partial charge in [-0.15, -0.1) is 0 Å². The molecule has 1 amide bonds. The summed E-state index contributed by atoms with van der Waals surface area (Å²) in [4.78, 5) is 26.5. The fourth-order valence-corrected chi connectivity index (χ4v) is 4.72. The first kappa shape index (κ1) is 20.1. The molecule has 6 heteroatoms. The molecule has 4 rings (SSSR count). The van der Waals surface area contributed by atoms with Crippen molar-refractivity contribution in [2.24, 2.45) is 5.92 Å². The van der Waals surface area contributed by atoms with Gasteiger partial charge in [-0.2, -0.15) is 0 Å². The van der Waals surface area contributed by atoms with Crippen molar-refractivity contribution in [2.45, 2.75) is 44.4 Å². The van der Waals surface area contributed by atoms with Gasteiger partial charge in [0.25, 0.3) is 0 Å². The molecule has 0 N–H and O–H groups in total. The maximum absolute atomic E-state index is 13.0. The second kappa shape index (κ2) is 8.70. The van der Waals surface area contributed by atoms with E-state index in [-0.39, 0.29) is 11.8 Å². The van der Waals surface area contributed by atoms with Crippen LogP contribution in [-0.4, -0.2) is 48.0 Å². The van der Waals surface area contributed by atoms with Crippen LogP contribution in [0.25, 0.3) is 11.1 Å². The number of nitrogens with zero attached hydrogens (tertiary/aromatic N) is 4. The molecular weight excluding hydrogens is 384 g/mol. The molecule has 2 aliphatic rings. The van der Waals surface area contributed by atoms with E-state index in [9.17, 15) is 4.79 Å². The Bertz CT molecular complexity index is 862. The molecule has 1 unspecified atom stereocenters. The first-order chi connectivity index (χ1) is 14.0. The zero-order chi connectivity index (χ0) is 20.4. The van der Waals surface area contributed by atoms with Crippen molar-refractivity contribution in [3.8, 4) is 11.1 Å². The summed E-state index contributed by atoms with van der Waals surface area (Å²) in [5, 5.41) is 0.715. The zero-order valence-corrected chi connectivity index (χ0v) is 18.0. The van der Waals surface area contributed by atoms with Crippen LogP contribution in [0.3, 0.4) is 0 Å². The molecule has 154 valence electrons. The minimum absolute atomic E-state index is 0.224. The van der Waals surface area contributed by atoms with Crippen molar-refractivity contribution in [1.29, 1.82) is 0 Å². The van der Waals surface area contributed by atoms with Crippen LogP contribution in [0.15, 0.2) is 30.5 Å². The molecule has 1 atom stereocenters. The lowest BCUT2D eigenvalue weighted by atomic mass is 9.89. The number of likely N-dealkylation sites (tertiary alicyclic amines) is 1. The number of benzene rings is 1. The van der Waals surface area contributed by atoms with E-state index < -0.39 is 0 Å². The summed E-state index contributed by atoms with van der Waals surface area (Å²) < 4.78 is 0. The third-order valence-electron chi connectivity index (χ3n) is 6.18. The molecule has 1 aromatic carbocycles. The lowest BCUT2D eigenvalue weighted by Crippen LogP contribution is -2.42. The normalized spacial score (nSPS) is 20.1. The van der Waals surface area contributed by atoms with E-state index in [0.717, 1.165) is 55.6 Å². The van der Waals surface area contributed by atoms with E-state index in [2.05, 4.69) is 9.88 Å². The number of anilines is 1. The molecule has 0 spiro atoms. The molecule has 2 heterocycles. The number of halogens is 1. The Kier molecular flexibility index (Phi) is 6.04. The summed E-state index contributed by atoms with van der Waals surface area (Å²) in [5.41, 5.74) is 3.14. The van der Waals surface area contributed by atoms with Crippen molar-refractivity contribution in [3.63, 3.8) is 0 Å². The number of rotatable bonds is 4. The molecule has 2 fully saturated rings. The minimum atomic E-state index is 0.224. The van der Waals surface area contributed by atoms with Crippen molar-refractivity contribution in [2.75, 3.05) is 32.1 Å². The first-order valence-electron chi connectivity index (χ1n) is 10.6. The highest BCUT2D eigenvalue weighted by atomic mass is 35.5. The average Bonchev–Trinajstić information content (AvgIpc) is 3.28. The number of hydrogen-bond donors (Lipinski definition) is 0. The molecular formula is C23H29ClN4O. The highest BCUT2D eigenvalue weighted by Gasteiger charge is 2.32. The average molecular weight is 413 g/mol. The Morgan fingerprint density at radius 1 is 1.10 bits per heavy atom. The van der Waals surface area contributed by atoms with Gasteiger partial charge in [-0.3, -0.25) is 4.79 Å². The number of aromatic nitrogens is 2. The maximum Gasteiger partial charge on any atom is 0.225 e. The van der Waals surface area contributed by atoms with Gasteiger partial charge in [0.1, 0.15) is 0 Å². The molecule has 5 nitrogen and oxygen atoms in total. The van der Waals surface area contributed by atoms with E-state index in [1.54, 1.807) is 0 Å². The Hall–Kier alpha value is -2.14. The van der Waals surface area contributed by atoms with Gasteiger partial charge < -0.3 is 9.80 Å². The fourth-order valence-electron chi connectivity index (χ4n) is 4.60. The van der Waals surface area contributed by atoms with E-state index in [4.69, 9.17) is 16.6 Å². The largest absolute Gasteiger partial charge is 0.347 e. The van der Waals surface area contributed by atoms with Gasteiger partial charge in [0, 0.05) is 55.8 Å². The second-order valence-corrected chi connectivity index (χ2v) is 8.91. The summed E-state index contributed by atoms with van der Waals surface area (Å²) in [6.45, 7) is 1.62. The Balaban J connectivity index is 1.65. The summed E-state index contributed by atoms with van der Waals surface area (Å²) in [6.07, 6.45) is 8.45. The SMILES string of the molecule is CN(C)c1ncc(-c2ccc(Cl)cc2)c(C2CCCN(C(=O)C3CCCC3)C2)n1. The van der Waals surface area contributed by atoms with Crippen LogP contribution in [0.4, 0.5) is 5.95 Å². The predicted molar refractivity (Wildman–Crippen MR) is 117 cm³/mol. The zero-order valence-electron chi connectivity index (χ0n) is 17.3. The summed E-state index contributed by atoms with van der Waals surface area (Å²) in [7, 11) is 3.91. The monoisotopic (exact) mass is 412 g/mol. The third-order valence-corrected chi connectivity index (χ3v) is 6.44. The Morgan fingerprint density at radius 2 is 1.83 bits per heavy atom. The Morgan fingerprint density at radius 3 is 2.52 bits per heavy atom. The molecule has 1 aliphatic heterocycles. The van der Waals surface area contributed by atoms with Crippen LogP contribution in [0.2, 0.25) is 5.02 Å². The molecule has 0 radical (unpaired) electrons. The highest BCUT2D eigenvalue weighted by molar-refractivity contribution is 6.30. The number of carbonyl (C=O) groups is 1. The Labute approximate surface area is 178 Å². The molecule has 1 aromatic heterocycles. The van der Waals surface area contributed by atoms with Crippen molar-refractivity contribution in [1.82, 2.24) is 14.9 Å². The lowest BCUT2D eigenvalue weighted by Gasteiger charge is -2.35. The third kappa shape index (κ3) is 4.40. The van der Waals surface area contributed by atoms with Gasteiger partial charge >= 0.3 is 0 Å². The van der Waals surface area contributed by atoms with Gasteiger partial charge in [0.2, 0.25) is 11.9 Å². The van der Waals surface area contributed by atoms with Gasteiger partial charge in [-0.1, -0.05) is 36.6 Å².